The van der Waals surface area contributed by atoms with Crippen LogP contribution in [0, 0.1) is 13.8 Å². The summed E-state index contributed by atoms with van der Waals surface area (Å²) in [6, 6.07) is 9.38. The van der Waals surface area contributed by atoms with E-state index in [1.165, 1.54) is 0 Å². The van der Waals surface area contributed by atoms with Crippen molar-refractivity contribution in [2.45, 2.75) is 20.5 Å². The Hall–Kier alpha value is -2.23. The number of hydrogen-bond acceptors (Lipinski definition) is 3. The predicted molar refractivity (Wildman–Crippen MR) is 72.3 cm³/mol. The second-order valence-corrected chi connectivity index (χ2v) is 4.35. The summed E-state index contributed by atoms with van der Waals surface area (Å²) in [6.07, 6.45) is 0. The fourth-order valence-corrected chi connectivity index (χ4v) is 1.87. The molecule has 100 valence electrons. The van der Waals surface area contributed by atoms with Gasteiger partial charge in [0.1, 0.15) is 18.1 Å². The number of amides is 1. The molecule has 0 aliphatic rings. The third-order valence-corrected chi connectivity index (χ3v) is 2.88. The van der Waals surface area contributed by atoms with Crippen LogP contribution in [0.1, 0.15) is 27.4 Å². The molecule has 1 N–H and O–H groups in total. The Morgan fingerprint density at radius 1 is 1.21 bits per heavy atom. The van der Waals surface area contributed by atoms with E-state index in [0.717, 1.165) is 16.9 Å². The molecule has 0 unspecified atom stereocenters. The van der Waals surface area contributed by atoms with Gasteiger partial charge in [0.2, 0.25) is 0 Å². The highest BCUT2D eigenvalue weighted by molar-refractivity contribution is 5.91. The number of hydrogen-bond donors (Lipinski definition) is 1. The molecule has 0 fully saturated rings. The van der Waals surface area contributed by atoms with Crippen LogP contribution in [0.5, 0.6) is 5.75 Å². The fraction of sp³-hybridized carbons (Fsp3) is 0.267. The highest BCUT2D eigenvalue weighted by Crippen LogP contribution is 2.23. The molecule has 1 amide bonds. The third kappa shape index (κ3) is 2.96. The van der Waals surface area contributed by atoms with Crippen LogP contribution in [-0.4, -0.2) is 13.0 Å². The van der Waals surface area contributed by atoms with Crippen LogP contribution in [0.4, 0.5) is 0 Å². The van der Waals surface area contributed by atoms with E-state index in [2.05, 4.69) is 5.32 Å². The van der Waals surface area contributed by atoms with Crippen molar-refractivity contribution < 1.29 is 13.9 Å². The first kappa shape index (κ1) is 13.2. The Balaban J connectivity index is 2.07. The van der Waals surface area contributed by atoms with Crippen LogP contribution >= 0.6 is 0 Å². The first-order valence-electron chi connectivity index (χ1n) is 6.11. The number of ether oxygens (including phenoxy) is 1. The molecule has 1 aromatic carbocycles. The monoisotopic (exact) mass is 259 g/mol. The maximum absolute atomic E-state index is 11.4. The van der Waals surface area contributed by atoms with Crippen molar-refractivity contribution in [1.82, 2.24) is 5.32 Å². The van der Waals surface area contributed by atoms with Crippen molar-refractivity contribution >= 4 is 5.91 Å². The molecule has 0 aliphatic heterocycles. The van der Waals surface area contributed by atoms with Crippen LogP contribution in [-0.2, 0) is 6.61 Å². The van der Waals surface area contributed by atoms with Crippen LogP contribution in [0.15, 0.2) is 34.7 Å². The van der Waals surface area contributed by atoms with Crippen LogP contribution < -0.4 is 10.1 Å². The van der Waals surface area contributed by atoms with Gasteiger partial charge in [-0.15, -0.1) is 0 Å². The van der Waals surface area contributed by atoms with Gasteiger partial charge < -0.3 is 14.5 Å². The van der Waals surface area contributed by atoms with E-state index in [0.29, 0.717) is 18.1 Å². The van der Waals surface area contributed by atoms with Crippen molar-refractivity contribution in [3.8, 4) is 5.75 Å². The molecule has 0 bridgehead atoms. The van der Waals surface area contributed by atoms with E-state index in [1.807, 2.05) is 32.0 Å². The number of carbonyl (C=O) groups is 1. The molecule has 1 aromatic heterocycles. The molecule has 19 heavy (non-hydrogen) atoms. The first-order valence-corrected chi connectivity index (χ1v) is 6.11. The average Bonchev–Trinajstić information content (AvgIpc) is 2.86. The van der Waals surface area contributed by atoms with Gasteiger partial charge in [0, 0.05) is 7.05 Å². The summed E-state index contributed by atoms with van der Waals surface area (Å²) in [5.74, 6) is 1.54. The number of rotatable bonds is 4. The molecule has 1 heterocycles. The van der Waals surface area contributed by atoms with Gasteiger partial charge in [0.25, 0.3) is 5.91 Å². The molecular weight excluding hydrogens is 242 g/mol. The van der Waals surface area contributed by atoms with E-state index in [9.17, 15) is 4.79 Å². The van der Waals surface area contributed by atoms with Crippen LogP contribution in [0.2, 0.25) is 0 Å². The Kier molecular flexibility index (Phi) is 3.90. The molecule has 0 saturated heterocycles. The van der Waals surface area contributed by atoms with Crippen molar-refractivity contribution in [2.75, 3.05) is 7.05 Å². The molecule has 2 aromatic rings. The number of carbonyl (C=O) groups excluding carboxylic acids is 1. The number of furan rings is 1. The molecule has 0 spiro atoms. The van der Waals surface area contributed by atoms with E-state index in [4.69, 9.17) is 9.15 Å². The number of para-hydroxylation sites is 1. The summed E-state index contributed by atoms with van der Waals surface area (Å²) in [5, 5.41) is 2.51. The van der Waals surface area contributed by atoms with Crippen molar-refractivity contribution in [3.05, 3.63) is 53.0 Å². The van der Waals surface area contributed by atoms with E-state index in [-0.39, 0.29) is 5.91 Å². The van der Waals surface area contributed by atoms with Crippen LogP contribution in [0.25, 0.3) is 0 Å². The number of aryl methyl sites for hydroxylation is 2. The topological polar surface area (TPSA) is 51.5 Å². The maximum Gasteiger partial charge on any atom is 0.286 e. The summed E-state index contributed by atoms with van der Waals surface area (Å²) >= 11 is 0. The summed E-state index contributed by atoms with van der Waals surface area (Å²) in [5.41, 5.74) is 2.16. The fourth-order valence-electron chi connectivity index (χ4n) is 1.87. The summed E-state index contributed by atoms with van der Waals surface area (Å²) in [7, 11) is 1.57. The predicted octanol–water partition coefficient (Wildman–Crippen LogP) is 2.84. The summed E-state index contributed by atoms with van der Waals surface area (Å²) in [4.78, 5) is 11.4. The smallest absolute Gasteiger partial charge is 0.286 e. The largest absolute Gasteiger partial charge is 0.485 e. The zero-order valence-electron chi connectivity index (χ0n) is 11.3. The molecule has 0 atom stereocenters. The van der Waals surface area contributed by atoms with Crippen molar-refractivity contribution in [3.63, 3.8) is 0 Å². The zero-order chi connectivity index (χ0) is 13.8. The van der Waals surface area contributed by atoms with E-state index >= 15 is 0 Å². The van der Waals surface area contributed by atoms with Crippen LogP contribution in [0.3, 0.4) is 0 Å². The summed E-state index contributed by atoms with van der Waals surface area (Å²) in [6.45, 7) is 4.31. The summed E-state index contributed by atoms with van der Waals surface area (Å²) < 4.78 is 11.2. The second-order valence-electron chi connectivity index (χ2n) is 4.35. The normalized spacial score (nSPS) is 10.3. The lowest BCUT2D eigenvalue weighted by Crippen LogP contribution is -2.16. The molecule has 2 rings (SSSR count). The van der Waals surface area contributed by atoms with Gasteiger partial charge in [0.15, 0.2) is 5.76 Å². The Morgan fingerprint density at radius 2 is 1.89 bits per heavy atom. The molecule has 0 radical (unpaired) electrons. The number of benzene rings is 1. The van der Waals surface area contributed by atoms with Gasteiger partial charge in [0.05, 0.1) is 0 Å². The van der Waals surface area contributed by atoms with Gasteiger partial charge in [-0.1, -0.05) is 18.2 Å². The Bertz CT molecular complexity index is 567. The Labute approximate surface area is 112 Å². The van der Waals surface area contributed by atoms with Gasteiger partial charge in [-0.05, 0) is 37.1 Å². The van der Waals surface area contributed by atoms with Gasteiger partial charge in [-0.3, -0.25) is 4.79 Å². The molecule has 0 aliphatic carbocycles. The Morgan fingerprint density at radius 3 is 2.53 bits per heavy atom. The van der Waals surface area contributed by atoms with Crippen molar-refractivity contribution in [1.29, 1.82) is 0 Å². The third-order valence-electron chi connectivity index (χ3n) is 2.88. The van der Waals surface area contributed by atoms with Crippen molar-refractivity contribution in [2.24, 2.45) is 0 Å². The van der Waals surface area contributed by atoms with Gasteiger partial charge in [-0.2, -0.15) is 0 Å². The molecule has 4 heteroatoms. The maximum atomic E-state index is 11.4. The van der Waals surface area contributed by atoms with Gasteiger partial charge in [-0.25, -0.2) is 0 Å². The molecule has 4 nitrogen and oxygen atoms in total. The molecular formula is C15H17NO3. The standard InChI is InChI=1S/C15H17NO3/c1-10-5-4-6-11(2)14(10)18-9-12-7-8-13(19-12)15(17)16-3/h4-8H,9H2,1-3H3,(H,16,17). The van der Waals surface area contributed by atoms with Gasteiger partial charge >= 0.3 is 0 Å². The minimum Gasteiger partial charge on any atom is -0.485 e. The minimum atomic E-state index is -0.238. The number of nitrogens with one attached hydrogen (secondary N) is 1. The quantitative estimate of drug-likeness (QED) is 0.918. The zero-order valence-corrected chi connectivity index (χ0v) is 11.3. The molecule has 0 saturated carbocycles. The lowest BCUT2D eigenvalue weighted by atomic mass is 10.1. The average molecular weight is 259 g/mol. The van der Waals surface area contributed by atoms with E-state index < -0.39 is 0 Å². The highest BCUT2D eigenvalue weighted by atomic mass is 16.5. The van der Waals surface area contributed by atoms with E-state index in [1.54, 1.807) is 19.2 Å². The first-order chi connectivity index (χ1) is 9.11. The lowest BCUT2D eigenvalue weighted by molar-refractivity contribution is 0.0931. The SMILES string of the molecule is CNC(=O)c1ccc(COc2c(C)cccc2C)o1. The lowest BCUT2D eigenvalue weighted by Gasteiger charge is -2.10. The highest BCUT2D eigenvalue weighted by Gasteiger charge is 2.10. The second kappa shape index (κ2) is 5.61. The minimum absolute atomic E-state index is 0.238.